The highest BCUT2D eigenvalue weighted by atomic mass is 19.3. The number of urea groups is 1. The molecule has 6 nitrogen and oxygen atoms in total. The molecule has 126 valence electrons. The summed E-state index contributed by atoms with van der Waals surface area (Å²) in [6, 6.07) is 11.6. The Bertz CT molecular complexity index is 721. The average Bonchev–Trinajstić information content (AvgIpc) is 2.54. The Balaban J connectivity index is 2.06. The van der Waals surface area contributed by atoms with Crippen molar-refractivity contribution in [2.24, 2.45) is 5.73 Å². The lowest BCUT2D eigenvalue weighted by Crippen LogP contribution is -2.28. The van der Waals surface area contributed by atoms with E-state index in [1.807, 2.05) is 0 Å². The summed E-state index contributed by atoms with van der Waals surface area (Å²) in [7, 11) is 0. The number of anilines is 1. The van der Waals surface area contributed by atoms with Gasteiger partial charge in [0, 0.05) is 12.1 Å². The van der Waals surface area contributed by atoms with E-state index in [-0.39, 0.29) is 18.0 Å². The van der Waals surface area contributed by atoms with Crippen molar-refractivity contribution in [3.8, 4) is 5.75 Å². The highest BCUT2D eigenvalue weighted by Crippen LogP contribution is 2.26. The van der Waals surface area contributed by atoms with Crippen molar-refractivity contribution >= 4 is 17.6 Å². The molecule has 2 aromatic rings. The van der Waals surface area contributed by atoms with Gasteiger partial charge in [-0.25, -0.2) is 4.79 Å². The Morgan fingerprint density at radius 1 is 1.08 bits per heavy atom. The zero-order chi connectivity index (χ0) is 17.5. The number of carbonyl (C=O) groups excluding carboxylic acids is 2. The largest absolute Gasteiger partial charge is 0.433 e. The summed E-state index contributed by atoms with van der Waals surface area (Å²) in [6.45, 7) is -2.75. The number of nitrogens with one attached hydrogen (secondary N) is 2. The van der Waals surface area contributed by atoms with Crippen LogP contribution in [0.3, 0.4) is 0 Å². The van der Waals surface area contributed by atoms with E-state index < -0.39 is 18.5 Å². The van der Waals surface area contributed by atoms with Crippen molar-refractivity contribution in [3.63, 3.8) is 0 Å². The lowest BCUT2D eigenvalue weighted by Gasteiger charge is -2.12. The Morgan fingerprint density at radius 3 is 2.38 bits per heavy atom. The van der Waals surface area contributed by atoms with Crippen LogP contribution in [0.1, 0.15) is 15.9 Å². The Kier molecular flexibility index (Phi) is 5.67. The van der Waals surface area contributed by atoms with Crippen molar-refractivity contribution < 1.29 is 23.1 Å². The molecular formula is C16H15F2N3O3. The first-order chi connectivity index (χ1) is 11.5. The third kappa shape index (κ3) is 4.94. The fraction of sp³-hybridized carbons (Fsp3) is 0.125. The fourth-order valence-electron chi connectivity index (χ4n) is 1.93. The molecule has 0 heterocycles. The van der Waals surface area contributed by atoms with Gasteiger partial charge in [0.1, 0.15) is 5.75 Å². The fourth-order valence-corrected chi connectivity index (χ4v) is 1.93. The second-order valence-electron chi connectivity index (χ2n) is 4.74. The van der Waals surface area contributed by atoms with E-state index in [0.717, 1.165) is 5.56 Å². The Hall–Kier alpha value is -3.16. The molecular weight excluding hydrogens is 320 g/mol. The Labute approximate surface area is 136 Å². The molecule has 0 aliphatic carbocycles. The monoisotopic (exact) mass is 335 g/mol. The number of para-hydroxylation sites is 2. The van der Waals surface area contributed by atoms with Crippen LogP contribution in [0.5, 0.6) is 5.75 Å². The molecule has 0 radical (unpaired) electrons. The average molecular weight is 335 g/mol. The van der Waals surface area contributed by atoms with Gasteiger partial charge in [0.2, 0.25) is 0 Å². The quantitative estimate of drug-likeness (QED) is 0.758. The first-order valence-electron chi connectivity index (χ1n) is 6.93. The summed E-state index contributed by atoms with van der Waals surface area (Å²) < 4.78 is 29.1. The van der Waals surface area contributed by atoms with Gasteiger partial charge in [-0.15, -0.1) is 0 Å². The predicted octanol–water partition coefficient (Wildman–Crippen LogP) is 2.71. The van der Waals surface area contributed by atoms with Gasteiger partial charge in [0.25, 0.3) is 5.91 Å². The number of nitrogens with two attached hydrogens (primary N) is 1. The third-order valence-electron chi connectivity index (χ3n) is 3.03. The standard InChI is InChI=1S/C16H15F2N3O3/c17-15(18)24-13-4-2-1-3-12(13)21-14(22)11-7-5-10(6-8-11)9-20-16(19)23/h1-8,15H,9H2,(H,21,22)(H3,19,20,23). The number of amides is 3. The molecule has 24 heavy (non-hydrogen) atoms. The van der Waals surface area contributed by atoms with Crippen LogP contribution >= 0.6 is 0 Å². The van der Waals surface area contributed by atoms with Gasteiger partial charge in [-0.2, -0.15) is 8.78 Å². The molecule has 0 atom stereocenters. The topological polar surface area (TPSA) is 93.5 Å². The van der Waals surface area contributed by atoms with Gasteiger partial charge in [-0.3, -0.25) is 4.79 Å². The van der Waals surface area contributed by atoms with E-state index in [1.165, 1.54) is 18.2 Å². The van der Waals surface area contributed by atoms with Gasteiger partial charge >= 0.3 is 12.6 Å². The van der Waals surface area contributed by atoms with Crippen LogP contribution in [0, 0.1) is 0 Å². The number of hydrogen-bond acceptors (Lipinski definition) is 3. The lowest BCUT2D eigenvalue weighted by molar-refractivity contribution is -0.0493. The maximum absolute atomic E-state index is 12.4. The molecule has 3 amide bonds. The van der Waals surface area contributed by atoms with Gasteiger partial charge in [0.05, 0.1) is 5.69 Å². The van der Waals surface area contributed by atoms with Crippen LogP contribution in [0.2, 0.25) is 0 Å². The van der Waals surface area contributed by atoms with Crippen LogP contribution < -0.4 is 21.1 Å². The maximum Gasteiger partial charge on any atom is 0.387 e. The molecule has 0 fully saturated rings. The highest BCUT2D eigenvalue weighted by Gasteiger charge is 2.12. The van der Waals surface area contributed by atoms with Gasteiger partial charge in [-0.05, 0) is 29.8 Å². The molecule has 0 aliphatic rings. The van der Waals surface area contributed by atoms with Crippen molar-refractivity contribution in [1.82, 2.24) is 5.32 Å². The number of hydrogen-bond donors (Lipinski definition) is 3. The number of primary amides is 1. The van der Waals surface area contributed by atoms with Gasteiger partial charge in [0.15, 0.2) is 0 Å². The summed E-state index contributed by atoms with van der Waals surface area (Å²) in [6.07, 6.45) is 0. The third-order valence-corrected chi connectivity index (χ3v) is 3.03. The molecule has 0 spiro atoms. The first-order valence-corrected chi connectivity index (χ1v) is 6.93. The number of rotatable bonds is 6. The number of halogens is 2. The molecule has 0 aliphatic heterocycles. The van der Waals surface area contributed by atoms with Crippen molar-refractivity contribution in [3.05, 3.63) is 59.7 Å². The molecule has 2 aromatic carbocycles. The molecule has 0 unspecified atom stereocenters. The normalized spacial score (nSPS) is 10.3. The van der Waals surface area contributed by atoms with Crippen molar-refractivity contribution in [2.45, 2.75) is 13.2 Å². The SMILES string of the molecule is NC(=O)NCc1ccc(C(=O)Nc2ccccc2OC(F)F)cc1. The van der Waals surface area contributed by atoms with Crippen LogP contribution in [0.25, 0.3) is 0 Å². The molecule has 0 saturated heterocycles. The van der Waals surface area contributed by atoms with E-state index in [0.29, 0.717) is 5.56 Å². The minimum absolute atomic E-state index is 0.122. The summed E-state index contributed by atoms with van der Waals surface area (Å²) in [5.41, 5.74) is 6.19. The predicted molar refractivity (Wildman–Crippen MR) is 83.9 cm³/mol. The van der Waals surface area contributed by atoms with Crippen molar-refractivity contribution in [2.75, 3.05) is 5.32 Å². The molecule has 4 N–H and O–H groups in total. The lowest BCUT2D eigenvalue weighted by atomic mass is 10.1. The molecule has 0 bridgehead atoms. The van der Waals surface area contributed by atoms with E-state index in [2.05, 4.69) is 15.4 Å². The number of benzene rings is 2. The summed E-state index contributed by atoms with van der Waals surface area (Å²) in [4.78, 5) is 22.8. The minimum Gasteiger partial charge on any atom is -0.433 e. The smallest absolute Gasteiger partial charge is 0.387 e. The van der Waals surface area contributed by atoms with E-state index in [1.54, 1.807) is 30.3 Å². The maximum atomic E-state index is 12.4. The van der Waals surface area contributed by atoms with Crippen molar-refractivity contribution in [1.29, 1.82) is 0 Å². The Morgan fingerprint density at radius 2 is 1.75 bits per heavy atom. The van der Waals surface area contributed by atoms with E-state index in [9.17, 15) is 18.4 Å². The van der Waals surface area contributed by atoms with Crippen LogP contribution in [-0.2, 0) is 6.54 Å². The summed E-state index contributed by atoms with van der Waals surface area (Å²) >= 11 is 0. The first kappa shape index (κ1) is 17.2. The second kappa shape index (κ2) is 7.91. The number of alkyl halides is 2. The van der Waals surface area contributed by atoms with Gasteiger partial charge in [-0.1, -0.05) is 24.3 Å². The highest BCUT2D eigenvalue weighted by molar-refractivity contribution is 6.05. The molecule has 0 saturated carbocycles. The molecule has 8 heteroatoms. The number of ether oxygens (including phenoxy) is 1. The molecule has 2 rings (SSSR count). The zero-order valence-electron chi connectivity index (χ0n) is 12.5. The van der Waals surface area contributed by atoms with Crippen LogP contribution in [0.15, 0.2) is 48.5 Å². The minimum atomic E-state index is -2.99. The zero-order valence-corrected chi connectivity index (χ0v) is 12.5. The van der Waals surface area contributed by atoms with Crippen LogP contribution in [0.4, 0.5) is 19.3 Å². The number of carbonyl (C=O) groups is 2. The van der Waals surface area contributed by atoms with Crippen LogP contribution in [-0.4, -0.2) is 18.5 Å². The molecule has 0 aromatic heterocycles. The van der Waals surface area contributed by atoms with Gasteiger partial charge < -0.3 is 21.1 Å². The van der Waals surface area contributed by atoms with E-state index >= 15 is 0 Å². The second-order valence-corrected chi connectivity index (χ2v) is 4.74. The summed E-state index contributed by atoms with van der Waals surface area (Å²) in [5, 5.41) is 4.94. The summed E-state index contributed by atoms with van der Waals surface area (Å²) in [5.74, 6) is -0.599. The van der Waals surface area contributed by atoms with E-state index in [4.69, 9.17) is 5.73 Å².